The van der Waals surface area contributed by atoms with Crippen molar-refractivity contribution in [1.82, 2.24) is 14.8 Å². The molecule has 2 aromatic carbocycles. The Morgan fingerprint density at radius 1 is 1.03 bits per heavy atom. The summed E-state index contributed by atoms with van der Waals surface area (Å²) in [6.07, 6.45) is 4.72. The number of aromatic nitrogens is 3. The fourth-order valence-electron chi connectivity index (χ4n) is 3.21. The third-order valence-electron chi connectivity index (χ3n) is 4.70. The topological polar surface area (TPSA) is 64.8 Å². The third-order valence-corrected chi connectivity index (χ3v) is 6.51. The lowest BCUT2D eigenvalue weighted by Crippen LogP contribution is -2.09. The van der Waals surface area contributed by atoms with E-state index in [0.29, 0.717) is 29.8 Å². The summed E-state index contributed by atoms with van der Waals surface area (Å²) in [6, 6.07) is 9.93. The van der Waals surface area contributed by atoms with Crippen molar-refractivity contribution < 1.29 is 21.6 Å². The number of nitrogens with zero attached hydrogens (tertiary/aromatic N) is 3. The van der Waals surface area contributed by atoms with E-state index in [1.807, 2.05) is 6.92 Å². The Balaban J connectivity index is 2.02. The third kappa shape index (κ3) is 3.72. The maximum absolute atomic E-state index is 15.0. The molecule has 157 valence electrons. The van der Waals surface area contributed by atoms with Crippen LogP contribution in [0.25, 0.3) is 22.4 Å². The molecule has 0 fully saturated rings. The van der Waals surface area contributed by atoms with Crippen LogP contribution < -0.4 is 0 Å². The Kier molecular flexibility index (Phi) is 5.36. The van der Waals surface area contributed by atoms with E-state index >= 15 is 4.39 Å². The summed E-state index contributed by atoms with van der Waals surface area (Å²) in [5.74, 6) is -3.05. The molecular weight excluding hydrogens is 427 g/mol. The number of pyridine rings is 1. The first-order valence-electron chi connectivity index (χ1n) is 9.21. The van der Waals surface area contributed by atoms with E-state index in [1.165, 1.54) is 17.1 Å². The number of hydrogen-bond donors (Lipinski definition) is 0. The zero-order valence-electron chi connectivity index (χ0n) is 16.2. The highest BCUT2D eigenvalue weighted by Gasteiger charge is 2.30. The number of benzene rings is 2. The summed E-state index contributed by atoms with van der Waals surface area (Å²) in [5, 5.41) is 4.35. The molecule has 31 heavy (non-hydrogen) atoms. The lowest BCUT2D eigenvalue weighted by Gasteiger charge is -2.12. The van der Waals surface area contributed by atoms with Crippen molar-refractivity contribution in [3.05, 3.63) is 84.6 Å². The maximum Gasteiger partial charge on any atom is 0.210 e. The van der Waals surface area contributed by atoms with Crippen molar-refractivity contribution in [3.8, 4) is 22.4 Å². The summed E-state index contributed by atoms with van der Waals surface area (Å²) in [6.45, 7) is 2.26. The Morgan fingerprint density at radius 2 is 1.77 bits per heavy atom. The van der Waals surface area contributed by atoms with Gasteiger partial charge in [0.2, 0.25) is 9.84 Å². The molecule has 0 bridgehead atoms. The van der Waals surface area contributed by atoms with Crippen LogP contribution in [0.4, 0.5) is 13.2 Å². The van der Waals surface area contributed by atoms with Crippen LogP contribution in [0.5, 0.6) is 0 Å². The molecule has 0 aliphatic heterocycles. The van der Waals surface area contributed by atoms with Gasteiger partial charge in [0.25, 0.3) is 0 Å². The Labute approximate surface area is 176 Å². The smallest absolute Gasteiger partial charge is 0.210 e. The van der Waals surface area contributed by atoms with Crippen molar-refractivity contribution >= 4 is 9.84 Å². The molecule has 2 aromatic heterocycles. The van der Waals surface area contributed by atoms with E-state index in [4.69, 9.17) is 0 Å². The Morgan fingerprint density at radius 3 is 2.48 bits per heavy atom. The minimum absolute atomic E-state index is 0.0396. The second-order valence-corrected chi connectivity index (χ2v) is 8.48. The van der Waals surface area contributed by atoms with Gasteiger partial charge < -0.3 is 0 Å². The highest BCUT2D eigenvalue weighted by molar-refractivity contribution is 7.91. The van der Waals surface area contributed by atoms with Gasteiger partial charge in [0.1, 0.15) is 28.0 Å². The van der Waals surface area contributed by atoms with E-state index in [-0.39, 0.29) is 11.3 Å². The molecule has 4 aromatic rings. The molecule has 0 aliphatic rings. The Hall–Kier alpha value is -3.46. The number of hydrogen-bond acceptors (Lipinski definition) is 4. The zero-order valence-corrected chi connectivity index (χ0v) is 17.0. The predicted molar refractivity (Wildman–Crippen MR) is 107 cm³/mol. The number of halogens is 3. The second kappa shape index (κ2) is 7.99. The van der Waals surface area contributed by atoms with Crippen LogP contribution in [0.3, 0.4) is 0 Å². The second-order valence-electron chi connectivity index (χ2n) is 6.59. The largest absolute Gasteiger partial charge is 0.272 e. The van der Waals surface area contributed by atoms with E-state index in [0.717, 1.165) is 18.2 Å². The molecule has 1 radical (unpaired) electrons. The van der Waals surface area contributed by atoms with Crippen LogP contribution in [0.1, 0.15) is 6.92 Å². The summed E-state index contributed by atoms with van der Waals surface area (Å²) in [5.41, 5.74) is 0.759. The molecule has 0 aliphatic carbocycles. The van der Waals surface area contributed by atoms with Crippen LogP contribution >= 0.6 is 0 Å². The first-order chi connectivity index (χ1) is 14.8. The lowest BCUT2D eigenvalue weighted by molar-refractivity contribution is 0.552. The highest BCUT2D eigenvalue weighted by atomic mass is 32.2. The number of aryl methyl sites for hydroxylation is 1. The fraction of sp³-hybridized carbons (Fsp3) is 0.0909. The van der Waals surface area contributed by atoms with Crippen molar-refractivity contribution in [3.63, 3.8) is 0 Å². The molecule has 9 heteroatoms. The molecule has 0 saturated heterocycles. The molecule has 2 heterocycles. The molecular formula is C22H15F3N3O2S. The summed E-state index contributed by atoms with van der Waals surface area (Å²) >= 11 is 0. The maximum atomic E-state index is 15.0. The van der Waals surface area contributed by atoms with Crippen molar-refractivity contribution in [1.29, 1.82) is 0 Å². The van der Waals surface area contributed by atoms with Crippen LogP contribution in [-0.2, 0) is 16.4 Å². The van der Waals surface area contributed by atoms with E-state index in [9.17, 15) is 17.2 Å². The van der Waals surface area contributed by atoms with Gasteiger partial charge in [0, 0.05) is 36.8 Å². The molecule has 0 unspecified atom stereocenters. The van der Waals surface area contributed by atoms with E-state index in [1.54, 1.807) is 18.3 Å². The van der Waals surface area contributed by atoms with Gasteiger partial charge in [-0.25, -0.2) is 21.6 Å². The summed E-state index contributed by atoms with van der Waals surface area (Å²) in [4.78, 5) is 2.53. The van der Waals surface area contributed by atoms with Gasteiger partial charge in [-0.05, 0) is 55.0 Å². The number of rotatable bonds is 5. The van der Waals surface area contributed by atoms with E-state index in [2.05, 4.69) is 16.1 Å². The monoisotopic (exact) mass is 442 g/mol. The molecule has 4 rings (SSSR count). The van der Waals surface area contributed by atoms with Gasteiger partial charge >= 0.3 is 0 Å². The van der Waals surface area contributed by atoms with Crippen molar-refractivity contribution in [2.24, 2.45) is 0 Å². The molecule has 0 saturated carbocycles. The minimum Gasteiger partial charge on any atom is -0.272 e. The van der Waals surface area contributed by atoms with Crippen LogP contribution in [0.15, 0.2) is 70.8 Å². The SMILES string of the molecule is CCn1cc(-c2ccncc2)c(-c2c(F)[c]ccc2S(=O)(=O)c2cc(F)ccc2F)n1. The van der Waals surface area contributed by atoms with Crippen LogP contribution in [0, 0.1) is 23.5 Å². The van der Waals surface area contributed by atoms with Crippen LogP contribution in [0.2, 0.25) is 0 Å². The fourth-order valence-corrected chi connectivity index (χ4v) is 4.74. The average molecular weight is 442 g/mol. The summed E-state index contributed by atoms with van der Waals surface area (Å²) < 4.78 is 71.0. The Bertz CT molecular complexity index is 1370. The molecule has 0 atom stereocenters. The zero-order chi connectivity index (χ0) is 22.2. The molecule has 0 amide bonds. The highest BCUT2D eigenvalue weighted by Crippen LogP contribution is 2.38. The summed E-state index contributed by atoms with van der Waals surface area (Å²) in [7, 11) is -4.63. The van der Waals surface area contributed by atoms with Gasteiger partial charge in [-0.15, -0.1) is 0 Å². The van der Waals surface area contributed by atoms with Crippen LogP contribution in [-0.4, -0.2) is 23.2 Å². The van der Waals surface area contributed by atoms with Gasteiger partial charge in [0.05, 0.1) is 10.5 Å². The van der Waals surface area contributed by atoms with Crippen molar-refractivity contribution in [2.45, 2.75) is 23.3 Å². The van der Waals surface area contributed by atoms with Gasteiger partial charge in [0.15, 0.2) is 0 Å². The standard InChI is InChI=1S/C22H15F3N3O2S/c1-2-28-13-16(14-8-10-26-11-9-14)22(27-28)21-18(25)4-3-5-19(21)31(29,30)20-12-15(23)6-7-17(20)24/h3,5-13H,2H2,1H3. The lowest BCUT2D eigenvalue weighted by atomic mass is 10.0. The first kappa shape index (κ1) is 20.8. The minimum atomic E-state index is -4.63. The molecule has 0 N–H and O–H groups in total. The van der Waals surface area contributed by atoms with E-state index < -0.39 is 37.1 Å². The predicted octanol–water partition coefficient (Wildman–Crippen LogP) is 4.68. The first-order valence-corrected chi connectivity index (χ1v) is 10.7. The molecule has 5 nitrogen and oxygen atoms in total. The van der Waals surface area contributed by atoms with Gasteiger partial charge in [-0.3, -0.25) is 9.67 Å². The normalized spacial score (nSPS) is 11.6. The molecule has 0 spiro atoms. The quantitative estimate of drug-likeness (QED) is 0.450. The van der Waals surface area contributed by atoms with Gasteiger partial charge in [-0.2, -0.15) is 5.10 Å². The average Bonchev–Trinajstić information content (AvgIpc) is 3.20. The number of sulfone groups is 1. The van der Waals surface area contributed by atoms with Gasteiger partial charge in [-0.1, -0.05) is 0 Å². The van der Waals surface area contributed by atoms with Crippen molar-refractivity contribution in [2.75, 3.05) is 0 Å².